The van der Waals surface area contributed by atoms with Gasteiger partial charge in [-0.1, -0.05) is 24.1 Å². The Kier molecular flexibility index (Phi) is 5.46. The van der Waals surface area contributed by atoms with Crippen molar-refractivity contribution in [3.8, 4) is 0 Å². The number of piperidine rings is 2. The van der Waals surface area contributed by atoms with Gasteiger partial charge in [-0.15, -0.1) is 0 Å². The smallest absolute Gasteiger partial charge is 0.255 e. The van der Waals surface area contributed by atoms with Crippen LogP contribution in [0.3, 0.4) is 0 Å². The molecule has 0 saturated carbocycles. The minimum absolute atomic E-state index is 0.240. The summed E-state index contributed by atoms with van der Waals surface area (Å²) in [5.74, 6) is 0.938. The minimum Gasteiger partial charge on any atom is -0.312 e. The molecule has 2 aromatic rings. The van der Waals surface area contributed by atoms with E-state index < -0.39 is 0 Å². The Morgan fingerprint density at radius 3 is 2.69 bits per heavy atom. The number of nitrogens with zero attached hydrogens (tertiary/aromatic N) is 4. The molecule has 3 aliphatic rings. The molecule has 0 spiro atoms. The number of fused-ring (bicyclic) bond motifs is 4. The molecule has 3 aliphatic heterocycles. The fourth-order valence-corrected chi connectivity index (χ4v) is 5.63. The van der Waals surface area contributed by atoms with Crippen LogP contribution < -0.4 is 5.56 Å². The summed E-state index contributed by atoms with van der Waals surface area (Å²) in [4.78, 5) is 22.6. The minimum atomic E-state index is 0.240. The molecule has 5 rings (SSSR count). The van der Waals surface area contributed by atoms with Gasteiger partial charge in [0.2, 0.25) is 0 Å². The van der Waals surface area contributed by atoms with E-state index in [9.17, 15) is 4.79 Å². The SMILES string of the molecule is O=c1c(CN2CCCCC2)ccc2n1C[C@H]1C[C@@H]2CN(Cc2ncccc2Cl)C1. The maximum Gasteiger partial charge on any atom is 0.255 e. The highest BCUT2D eigenvalue weighted by Gasteiger charge is 2.35. The molecule has 0 aliphatic carbocycles. The fourth-order valence-electron chi connectivity index (χ4n) is 5.44. The van der Waals surface area contributed by atoms with Gasteiger partial charge >= 0.3 is 0 Å². The largest absolute Gasteiger partial charge is 0.312 e. The van der Waals surface area contributed by atoms with Crippen molar-refractivity contribution in [1.29, 1.82) is 0 Å². The maximum absolute atomic E-state index is 13.2. The summed E-state index contributed by atoms with van der Waals surface area (Å²) in [7, 11) is 0. The molecule has 29 heavy (non-hydrogen) atoms. The molecule has 2 bridgehead atoms. The molecule has 2 saturated heterocycles. The first-order chi connectivity index (χ1) is 14.2. The first-order valence-electron chi connectivity index (χ1n) is 10.9. The fraction of sp³-hybridized carbons (Fsp3) is 0.565. The Balaban J connectivity index is 1.34. The van der Waals surface area contributed by atoms with Crippen molar-refractivity contribution in [2.45, 2.75) is 51.2 Å². The van der Waals surface area contributed by atoms with Crippen molar-refractivity contribution >= 4 is 11.6 Å². The van der Waals surface area contributed by atoms with Crippen molar-refractivity contribution in [1.82, 2.24) is 19.4 Å². The molecule has 6 heteroatoms. The van der Waals surface area contributed by atoms with Crippen LogP contribution in [-0.4, -0.2) is 45.5 Å². The lowest BCUT2D eigenvalue weighted by Crippen LogP contribution is -2.47. The lowest BCUT2D eigenvalue weighted by molar-refractivity contribution is 0.113. The third kappa shape index (κ3) is 4.00. The second-order valence-electron chi connectivity index (χ2n) is 8.96. The lowest BCUT2D eigenvalue weighted by atomic mass is 9.83. The molecule has 2 aromatic heterocycles. The van der Waals surface area contributed by atoms with Crippen molar-refractivity contribution in [3.05, 3.63) is 62.8 Å². The van der Waals surface area contributed by atoms with E-state index in [0.717, 1.165) is 62.1 Å². The summed E-state index contributed by atoms with van der Waals surface area (Å²) < 4.78 is 2.09. The predicted octanol–water partition coefficient (Wildman–Crippen LogP) is 3.50. The third-order valence-corrected chi connectivity index (χ3v) is 7.15. The summed E-state index contributed by atoms with van der Waals surface area (Å²) in [6.07, 6.45) is 6.82. The van der Waals surface area contributed by atoms with E-state index in [1.807, 2.05) is 18.3 Å². The maximum atomic E-state index is 13.2. The average molecular weight is 413 g/mol. The van der Waals surface area contributed by atoms with Crippen LogP contribution in [0, 0.1) is 5.92 Å². The van der Waals surface area contributed by atoms with E-state index in [0.29, 0.717) is 11.8 Å². The quantitative estimate of drug-likeness (QED) is 0.770. The van der Waals surface area contributed by atoms with E-state index in [-0.39, 0.29) is 5.56 Å². The molecule has 0 N–H and O–H groups in total. The first kappa shape index (κ1) is 19.3. The van der Waals surface area contributed by atoms with E-state index in [1.165, 1.54) is 31.4 Å². The highest BCUT2D eigenvalue weighted by molar-refractivity contribution is 6.31. The van der Waals surface area contributed by atoms with Crippen LogP contribution in [0.1, 0.15) is 48.6 Å². The van der Waals surface area contributed by atoms with Crippen molar-refractivity contribution < 1.29 is 0 Å². The number of pyridine rings is 2. The van der Waals surface area contributed by atoms with E-state index >= 15 is 0 Å². The zero-order valence-electron chi connectivity index (χ0n) is 16.9. The van der Waals surface area contributed by atoms with Crippen LogP contribution in [0.4, 0.5) is 0 Å². The summed E-state index contributed by atoms with van der Waals surface area (Å²) >= 11 is 6.32. The Morgan fingerprint density at radius 1 is 1.00 bits per heavy atom. The monoisotopic (exact) mass is 412 g/mol. The summed E-state index contributed by atoms with van der Waals surface area (Å²) in [6.45, 7) is 6.64. The van der Waals surface area contributed by atoms with Gasteiger partial charge in [-0.25, -0.2) is 0 Å². The molecule has 0 radical (unpaired) electrons. The Morgan fingerprint density at radius 2 is 1.86 bits per heavy atom. The van der Waals surface area contributed by atoms with Crippen LogP contribution in [-0.2, 0) is 19.6 Å². The molecule has 5 nitrogen and oxygen atoms in total. The van der Waals surface area contributed by atoms with Gasteiger partial charge in [0.05, 0.1) is 10.7 Å². The normalized spacial score (nSPS) is 25.0. The molecule has 0 unspecified atom stereocenters. The molecule has 0 amide bonds. The summed E-state index contributed by atoms with van der Waals surface area (Å²) in [5.41, 5.74) is 3.37. The van der Waals surface area contributed by atoms with Gasteiger partial charge in [-0.3, -0.25) is 19.6 Å². The Hall–Kier alpha value is -1.69. The van der Waals surface area contributed by atoms with Crippen molar-refractivity contribution in [2.24, 2.45) is 5.92 Å². The van der Waals surface area contributed by atoms with Gasteiger partial charge in [-0.2, -0.15) is 0 Å². The van der Waals surface area contributed by atoms with E-state index in [2.05, 4.69) is 31.5 Å². The summed E-state index contributed by atoms with van der Waals surface area (Å²) in [5, 5.41) is 0.738. The zero-order valence-corrected chi connectivity index (χ0v) is 17.7. The van der Waals surface area contributed by atoms with Gasteiger partial charge < -0.3 is 4.57 Å². The van der Waals surface area contributed by atoms with Crippen molar-refractivity contribution in [3.63, 3.8) is 0 Å². The molecule has 2 atom stereocenters. The highest BCUT2D eigenvalue weighted by atomic mass is 35.5. The van der Waals surface area contributed by atoms with Gasteiger partial charge in [-0.05, 0) is 56.5 Å². The van der Waals surface area contributed by atoms with Crippen LogP contribution in [0.25, 0.3) is 0 Å². The number of likely N-dealkylation sites (tertiary alicyclic amines) is 2. The van der Waals surface area contributed by atoms with Crippen LogP contribution in [0.2, 0.25) is 5.02 Å². The molecule has 2 fully saturated rings. The zero-order chi connectivity index (χ0) is 19.8. The van der Waals surface area contributed by atoms with Gasteiger partial charge in [0.25, 0.3) is 5.56 Å². The van der Waals surface area contributed by atoms with E-state index in [1.54, 1.807) is 0 Å². The molecule has 0 aromatic carbocycles. The second-order valence-corrected chi connectivity index (χ2v) is 9.37. The van der Waals surface area contributed by atoms with E-state index in [4.69, 9.17) is 11.6 Å². The van der Waals surface area contributed by atoms with Crippen LogP contribution >= 0.6 is 11.6 Å². The molecular formula is C23H29ClN4O. The number of hydrogen-bond donors (Lipinski definition) is 0. The Bertz CT molecular complexity index is 937. The predicted molar refractivity (Wildman–Crippen MR) is 115 cm³/mol. The first-order valence-corrected chi connectivity index (χ1v) is 11.3. The number of hydrogen-bond acceptors (Lipinski definition) is 4. The number of rotatable bonds is 4. The van der Waals surface area contributed by atoms with Gasteiger partial charge in [0, 0.05) is 56.1 Å². The van der Waals surface area contributed by atoms with Crippen LogP contribution in [0.5, 0.6) is 0 Å². The average Bonchev–Trinajstić information content (AvgIpc) is 2.73. The van der Waals surface area contributed by atoms with Gasteiger partial charge in [0.15, 0.2) is 0 Å². The molecule has 5 heterocycles. The Labute approximate surface area is 177 Å². The lowest BCUT2D eigenvalue weighted by Gasteiger charge is -2.43. The number of halogens is 1. The molecular weight excluding hydrogens is 384 g/mol. The summed E-state index contributed by atoms with van der Waals surface area (Å²) in [6, 6.07) is 8.10. The topological polar surface area (TPSA) is 41.4 Å². The third-order valence-electron chi connectivity index (χ3n) is 6.81. The molecule has 154 valence electrons. The van der Waals surface area contributed by atoms with Crippen molar-refractivity contribution in [2.75, 3.05) is 26.2 Å². The highest BCUT2D eigenvalue weighted by Crippen LogP contribution is 2.36. The van der Waals surface area contributed by atoms with Crippen LogP contribution in [0.15, 0.2) is 35.3 Å². The number of aromatic nitrogens is 2. The second kappa shape index (κ2) is 8.21. The van der Waals surface area contributed by atoms with Gasteiger partial charge in [0.1, 0.15) is 0 Å². The standard InChI is InChI=1S/C23H29ClN4O/c24-20-5-4-8-25-21(20)16-27-12-17-11-19(15-27)22-7-6-18(23(29)28(22)13-17)14-26-9-2-1-3-10-26/h4-8,17,19H,1-3,9-16H2/t17-,19+/m0/s1.